The van der Waals surface area contributed by atoms with E-state index in [0.717, 1.165) is 24.1 Å². The number of rotatable bonds is 8. The molecule has 0 heterocycles. The molecule has 3 N–H and O–H groups in total. The molecule has 1 atom stereocenters. The van der Waals surface area contributed by atoms with Crippen molar-refractivity contribution in [2.45, 2.75) is 52.6 Å². The average Bonchev–Trinajstić information content (AvgIpc) is 3.31. The van der Waals surface area contributed by atoms with Crippen LogP contribution in [0, 0.1) is 11.3 Å². The predicted molar refractivity (Wildman–Crippen MR) is 94.6 cm³/mol. The molecule has 1 unspecified atom stereocenters. The van der Waals surface area contributed by atoms with E-state index < -0.39 is 0 Å². The minimum Gasteiger partial charge on any atom is -0.393 e. The molecular weight excluding hydrogens is 304 g/mol. The monoisotopic (exact) mass is 332 g/mol. The summed E-state index contributed by atoms with van der Waals surface area (Å²) in [6.07, 6.45) is 2.53. The van der Waals surface area contributed by atoms with Crippen LogP contribution < -0.4 is 10.6 Å². The van der Waals surface area contributed by atoms with Gasteiger partial charge in [-0.3, -0.25) is 9.59 Å². The van der Waals surface area contributed by atoms with Crippen LogP contribution in [0.4, 0.5) is 5.69 Å². The molecule has 1 aliphatic carbocycles. The summed E-state index contributed by atoms with van der Waals surface area (Å²) < 4.78 is 0. The van der Waals surface area contributed by atoms with E-state index in [0.29, 0.717) is 19.4 Å². The van der Waals surface area contributed by atoms with Crippen molar-refractivity contribution in [3.8, 4) is 0 Å². The Labute approximate surface area is 143 Å². The second-order valence-electron chi connectivity index (χ2n) is 7.63. The molecule has 0 saturated heterocycles. The maximum Gasteiger partial charge on any atom is 0.227 e. The van der Waals surface area contributed by atoms with E-state index in [2.05, 4.69) is 10.6 Å². The highest BCUT2D eigenvalue weighted by Gasteiger charge is 2.29. The van der Waals surface area contributed by atoms with Gasteiger partial charge in [-0.15, -0.1) is 0 Å². The van der Waals surface area contributed by atoms with Gasteiger partial charge in [0.1, 0.15) is 0 Å². The lowest BCUT2D eigenvalue weighted by molar-refractivity contribution is -0.121. The zero-order valence-electron chi connectivity index (χ0n) is 14.8. The average molecular weight is 332 g/mol. The Balaban J connectivity index is 1.78. The van der Waals surface area contributed by atoms with Crippen LogP contribution in [0.2, 0.25) is 0 Å². The molecule has 1 aliphatic rings. The highest BCUT2D eigenvalue weighted by Crippen LogP contribution is 2.30. The van der Waals surface area contributed by atoms with Crippen molar-refractivity contribution in [1.82, 2.24) is 5.32 Å². The molecule has 5 nitrogen and oxygen atoms in total. The number of nitrogens with one attached hydrogen (secondary N) is 2. The van der Waals surface area contributed by atoms with Crippen LogP contribution in [0.1, 0.15) is 45.6 Å². The van der Waals surface area contributed by atoms with E-state index in [1.807, 2.05) is 38.1 Å². The number of aliphatic hydroxyl groups excluding tert-OH is 1. The number of hydrogen-bond acceptors (Lipinski definition) is 3. The van der Waals surface area contributed by atoms with E-state index in [1.54, 1.807) is 6.92 Å². The zero-order chi connectivity index (χ0) is 17.7. The molecule has 0 aliphatic heterocycles. The molecule has 2 amide bonds. The van der Waals surface area contributed by atoms with E-state index in [-0.39, 0.29) is 29.3 Å². The van der Waals surface area contributed by atoms with Crippen LogP contribution in [-0.4, -0.2) is 29.6 Å². The fraction of sp³-hybridized carbons (Fsp3) is 0.579. The zero-order valence-corrected chi connectivity index (χ0v) is 14.8. The van der Waals surface area contributed by atoms with Crippen LogP contribution in [0.25, 0.3) is 0 Å². The van der Waals surface area contributed by atoms with Crippen molar-refractivity contribution in [3.05, 3.63) is 29.8 Å². The Morgan fingerprint density at radius 3 is 2.42 bits per heavy atom. The molecule has 0 bridgehead atoms. The third-order valence-corrected chi connectivity index (χ3v) is 4.15. The van der Waals surface area contributed by atoms with Crippen LogP contribution >= 0.6 is 0 Å². The highest BCUT2D eigenvalue weighted by atomic mass is 16.3. The first kappa shape index (κ1) is 18.5. The first-order chi connectivity index (χ1) is 11.2. The summed E-state index contributed by atoms with van der Waals surface area (Å²) in [6.45, 7) is 6.34. The second kappa shape index (κ2) is 7.79. The molecule has 1 saturated carbocycles. The summed E-state index contributed by atoms with van der Waals surface area (Å²) in [6, 6.07) is 7.40. The van der Waals surface area contributed by atoms with Crippen molar-refractivity contribution in [2.75, 3.05) is 11.9 Å². The van der Waals surface area contributed by atoms with Gasteiger partial charge in [-0.05, 0) is 49.3 Å². The van der Waals surface area contributed by atoms with Gasteiger partial charge < -0.3 is 15.7 Å². The number of carbonyl (C=O) groups is 2. The molecule has 132 valence electrons. The molecule has 0 aromatic heterocycles. The highest BCUT2D eigenvalue weighted by molar-refractivity contribution is 5.94. The number of anilines is 1. The first-order valence-electron chi connectivity index (χ1n) is 8.60. The largest absolute Gasteiger partial charge is 0.393 e. The van der Waals surface area contributed by atoms with E-state index in [4.69, 9.17) is 0 Å². The summed E-state index contributed by atoms with van der Waals surface area (Å²) in [5.41, 5.74) is 1.54. The van der Waals surface area contributed by atoms with Gasteiger partial charge in [-0.25, -0.2) is 0 Å². The van der Waals surface area contributed by atoms with Gasteiger partial charge >= 0.3 is 0 Å². The van der Waals surface area contributed by atoms with Crippen molar-refractivity contribution < 1.29 is 14.7 Å². The molecule has 1 aromatic rings. The third-order valence-electron chi connectivity index (χ3n) is 4.15. The fourth-order valence-electron chi connectivity index (χ4n) is 2.75. The lowest BCUT2D eigenvalue weighted by Gasteiger charge is -2.26. The molecule has 1 aromatic carbocycles. The van der Waals surface area contributed by atoms with Crippen LogP contribution in [0.3, 0.4) is 0 Å². The molecule has 0 spiro atoms. The Hall–Kier alpha value is -1.88. The topological polar surface area (TPSA) is 78.4 Å². The standard InChI is InChI=1S/C19H28N2O3/c1-13(22)11-19(2,3)12-20-17(23)10-14-4-8-16(9-5-14)21-18(24)15-6-7-15/h4-5,8-9,13,15,22H,6-7,10-12H2,1-3H3,(H,20,23)(H,21,24). The fourth-order valence-corrected chi connectivity index (χ4v) is 2.75. The van der Waals surface area contributed by atoms with Gasteiger partial charge in [0.05, 0.1) is 12.5 Å². The molecule has 5 heteroatoms. The maximum atomic E-state index is 12.1. The lowest BCUT2D eigenvalue weighted by Crippen LogP contribution is -2.36. The normalized spacial score (nSPS) is 15.7. The minimum atomic E-state index is -0.379. The number of carbonyl (C=O) groups excluding carboxylic acids is 2. The van der Waals surface area contributed by atoms with Gasteiger partial charge in [-0.1, -0.05) is 26.0 Å². The summed E-state index contributed by atoms with van der Waals surface area (Å²) in [4.78, 5) is 23.8. The number of aliphatic hydroxyl groups is 1. The molecule has 2 rings (SSSR count). The van der Waals surface area contributed by atoms with Crippen molar-refractivity contribution >= 4 is 17.5 Å². The maximum absolute atomic E-state index is 12.1. The van der Waals surface area contributed by atoms with Crippen LogP contribution in [0.5, 0.6) is 0 Å². The van der Waals surface area contributed by atoms with Gasteiger partial charge in [0.2, 0.25) is 11.8 Å². The lowest BCUT2D eigenvalue weighted by atomic mass is 9.87. The van der Waals surface area contributed by atoms with E-state index >= 15 is 0 Å². The van der Waals surface area contributed by atoms with Crippen LogP contribution in [-0.2, 0) is 16.0 Å². The van der Waals surface area contributed by atoms with Crippen LogP contribution in [0.15, 0.2) is 24.3 Å². The SMILES string of the molecule is CC(O)CC(C)(C)CNC(=O)Cc1ccc(NC(=O)C2CC2)cc1. The third kappa shape index (κ3) is 6.32. The Morgan fingerprint density at radius 2 is 1.88 bits per heavy atom. The summed E-state index contributed by atoms with van der Waals surface area (Å²) in [5, 5.41) is 15.3. The summed E-state index contributed by atoms with van der Waals surface area (Å²) in [7, 11) is 0. The Kier molecular flexibility index (Phi) is 5.99. The van der Waals surface area contributed by atoms with Crippen molar-refractivity contribution in [2.24, 2.45) is 11.3 Å². The minimum absolute atomic E-state index is 0.0385. The summed E-state index contributed by atoms with van der Waals surface area (Å²) in [5.74, 6) is 0.227. The smallest absolute Gasteiger partial charge is 0.227 e. The van der Waals surface area contributed by atoms with E-state index in [1.165, 1.54) is 0 Å². The first-order valence-corrected chi connectivity index (χ1v) is 8.60. The van der Waals surface area contributed by atoms with Crippen molar-refractivity contribution in [3.63, 3.8) is 0 Å². The van der Waals surface area contributed by atoms with Crippen molar-refractivity contribution in [1.29, 1.82) is 0 Å². The van der Waals surface area contributed by atoms with E-state index in [9.17, 15) is 14.7 Å². The van der Waals surface area contributed by atoms with Gasteiger partial charge in [-0.2, -0.15) is 0 Å². The number of benzene rings is 1. The quantitative estimate of drug-likeness (QED) is 0.684. The number of hydrogen-bond donors (Lipinski definition) is 3. The molecule has 1 fully saturated rings. The summed E-state index contributed by atoms with van der Waals surface area (Å²) >= 11 is 0. The molecular formula is C19H28N2O3. The second-order valence-corrected chi connectivity index (χ2v) is 7.63. The predicted octanol–water partition coefficient (Wildman–Crippen LogP) is 2.49. The molecule has 0 radical (unpaired) electrons. The Bertz CT molecular complexity index is 575. The Morgan fingerprint density at radius 1 is 1.25 bits per heavy atom. The van der Waals surface area contributed by atoms with Gasteiger partial charge in [0, 0.05) is 18.2 Å². The number of amides is 2. The molecule has 24 heavy (non-hydrogen) atoms. The van der Waals surface area contributed by atoms with Gasteiger partial charge in [0.15, 0.2) is 0 Å². The van der Waals surface area contributed by atoms with Gasteiger partial charge in [0.25, 0.3) is 0 Å².